The maximum Gasteiger partial charge on any atom is 0.0215 e. The van der Waals surface area contributed by atoms with Crippen molar-refractivity contribution in [3.8, 4) is 0 Å². The van der Waals surface area contributed by atoms with Gasteiger partial charge in [0.25, 0.3) is 0 Å². The Morgan fingerprint density at radius 3 is 1.85 bits per heavy atom. The maximum atomic E-state index is 2.46. The number of halogens is 1. The van der Waals surface area contributed by atoms with Gasteiger partial charge in [0.2, 0.25) is 0 Å². The molecule has 0 aliphatic carbocycles. The predicted octanol–water partition coefficient (Wildman–Crippen LogP) is 6.06. The highest BCUT2D eigenvalue weighted by Gasteiger charge is 2.11. The molecule has 0 aliphatic heterocycles. The summed E-state index contributed by atoms with van der Waals surface area (Å²) in [6, 6.07) is 21.9. The lowest BCUT2D eigenvalue weighted by atomic mass is 9.92. The minimum atomic E-state index is 1.32. The van der Waals surface area contributed by atoms with Gasteiger partial charge >= 0.3 is 0 Å². The van der Waals surface area contributed by atoms with E-state index in [1.807, 2.05) is 0 Å². The Kier molecular flexibility index (Phi) is 2.71. The molecule has 0 aliphatic rings. The van der Waals surface area contributed by atoms with E-state index in [0.717, 1.165) is 0 Å². The normalized spacial score (nSPS) is 11.5. The van der Waals surface area contributed by atoms with E-state index in [4.69, 9.17) is 0 Å². The molecule has 0 radical (unpaired) electrons. The zero-order chi connectivity index (χ0) is 13.7. The van der Waals surface area contributed by atoms with Crippen LogP contribution in [0.2, 0.25) is 0 Å². The monoisotopic (exact) mass is 368 g/mol. The summed E-state index contributed by atoms with van der Waals surface area (Å²) in [6.07, 6.45) is 0. The van der Waals surface area contributed by atoms with Crippen molar-refractivity contribution in [2.75, 3.05) is 0 Å². The van der Waals surface area contributed by atoms with E-state index in [9.17, 15) is 0 Å². The third kappa shape index (κ3) is 1.59. The summed E-state index contributed by atoms with van der Waals surface area (Å²) >= 11 is 2.46. The van der Waals surface area contributed by atoms with E-state index in [2.05, 4.69) is 90.2 Å². The highest BCUT2D eigenvalue weighted by Crippen LogP contribution is 2.38. The molecule has 0 bridgehead atoms. The van der Waals surface area contributed by atoms with Crippen LogP contribution >= 0.6 is 22.6 Å². The van der Waals surface area contributed by atoms with Crippen molar-refractivity contribution in [1.82, 2.24) is 0 Å². The first kappa shape index (κ1) is 12.2. The minimum Gasteiger partial charge on any atom is -0.0616 e. The first-order valence-corrected chi connectivity index (χ1v) is 7.83. The van der Waals surface area contributed by atoms with Gasteiger partial charge in [-0.2, -0.15) is 0 Å². The Balaban J connectivity index is 2.49. The minimum absolute atomic E-state index is 1.32. The fraction of sp³-hybridized carbons (Fsp3) is 0.0526. The SMILES string of the molecule is Cc1cccc2c3ccccc3c3cccc(I)c3c12. The van der Waals surface area contributed by atoms with Gasteiger partial charge in [0.05, 0.1) is 0 Å². The molecule has 4 aromatic rings. The highest BCUT2D eigenvalue weighted by atomic mass is 127. The van der Waals surface area contributed by atoms with Gasteiger partial charge in [-0.05, 0) is 68.1 Å². The predicted molar refractivity (Wildman–Crippen MR) is 96.4 cm³/mol. The lowest BCUT2D eigenvalue weighted by Gasteiger charge is -2.13. The van der Waals surface area contributed by atoms with Crippen LogP contribution in [-0.4, -0.2) is 0 Å². The second kappa shape index (κ2) is 4.45. The molecule has 0 heterocycles. The number of aryl methyl sites for hydroxylation is 1. The molecule has 4 aromatic carbocycles. The summed E-state index contributed by atoms with van der Waals surface area (Å²) < 4.78 is 1.32. The van der Waals surface area contributed by atoms with E-state index in [-0.39, 0.29) is 0 Å². The summed E-state index contributed by atoms with van der Waals surface area (Å²) in [7, 11) is 0. The average molecular weight is 368 g/mol. The van der Waals surface area contributed by atoms with Gasteiger partial charge in [0.1, 0.15) is 0 Å². The Bertz CT molecular complexity index is 887. The smallest absolute Gasteiger partial charge is 0.0215 e. The van der Waals surface area contributed by atoms with Crippen molar-refractivity contribution in [3.63, 3.8) is 0 Å². The third-order valence-electron chi connectivity index (χ3n) is 4.04. The molecule has 96 valence electrons. The molecule has 0 aromatic heterocycles. The average Bonchev–Trinajstić information content (AvgIpc) is 2.48. The summed E-state index contributed by atoms with van der Waals surface area (Å²) in [5.74, 6) is 0. The van der Waals surface area contributed by atoms with Gasteiger partial charge in [-0.25, -0.2) is 0 Å². The Morgan fingerprint density at radius 2 is 1.15 bits per heavy atom. The zero-order valence-electron chi connectivity index (χ0n) is 11.2. The second-order valence-electron chi connectivity index (χ2n) is 5.21. The second-order valence-corrected chi connectivity index (χ2v) is 6.37. The molecule has 0 N–H and O–H groups in total. The largest absolute Gasteiger partial charge is 0.0616 e. The van der Waals surface area contributed by atoms with Crippen molar-refractivity contribution >= 4 is 54.9 Å². The Morgan fingerprint density at radius 1 is 0.600 bits per heavy atom. The van der Waals surface area contributed by atoms with E-state index >= 15 is 0 Å². The van der Waals surface area contributed by atoms with Gasteiger partial charge in [-0.15, -0.1) is 0 Å². The van der Waals surface area contributed by atoms with Crippen molar-refractivity contribution in [1.29, 1.82) is 0 Å². The summed E-state index contributed by atoms with van der Waals surface area (Å²) in [5, 5.41) is 8.19. The number of hydrogen-bond donors (Lipinski definition) is 0. The molecule has 20 heavy (non-hydrogen) atoms. The molecule has 0 saturated carbocycles. The van der Waals surface area contributed by atoms with Crippen molar-refractivity contribution in [2.45, 2.75) is 6.92 Å². The van der Waals surface area contributed by atoms with Crippen molar-refractivity contribution in [2.24, 2.45) is 0 Å². The first-order valence-electron chi connectivity index (χ1n) is 6.75. The van der Waals surface area contributed by atoms with Crippen LogP contribution in [0.3, 0.4) is 0 Å². The lowest BCUT2D eigenvalue weighted by molar-refractivity contribution is 1.55. The molecule has 0 unspecified atom stereocenters. The van der Waals surface area contributed by atoms with E-state index in [0.29, 0.717) is 0 Å². The molecule has 4 rings (SSSR count). The van der Waals surface area contributed by atoms with Crippen molar-refractivity contribution in [3.05, 3.63) is 69.8 Å². The molecule has 0 atom stereocenters. The van der Waals surface area contributed by atoms with Gasteiger partial charge in [0, 0.05) is 8.96 Å². The molecular weight excluding hydrogens is 355 g/mol. The van der Waals surface area contributed by atoms with Crippen LogP contribution in [0.5, 0.6) is 0 Å². The third-order valence-corrected chi connectivity index (χ3v) is 4.94. The molecule has 1 heteroatoms. The molecule has 0 fully saturated rings. The Hall–Kier alpha value is -1.61. The molecule has 0 nitrogen and oxygen atoms in total. The quantitative estimate of drug-likeness (QED) is 0.261. The van der Waals surface area contributed by atoms with E-state index in [1.165, 1.54) is 41.5 Å². The van der Waals surface area contributed by atoms with Crippen LogP contribution in [0.15, 0.2) is 60.7 Å². The summed E-state index contributed by atoms with van der Waals surface area (Å²) in [5.41, 5.74) is 1.35. The zero-order valence-corrected chi connectivity index (χ0v) is 13.3. The van der Waals surface area contributed by atoms with Crippen LogP contribution < -0.4 is 0 Å². The van der Waals surface area contributed by atoms with Crippen LogP contribution in [0.4, 0.5) is 0 Å². The van der Waals surface area contributed by atoms with Gasteiger partial charge in [-0.1, -0.05) is 54.6 Å². The number of benzene rings is 4. The summed E-state index contributed by atoms with van der Waals surface area (Å²) in [4.78, 5) is 0. The van der Waals surface area contributed by atoms with Crippen LogP contribution in [-0.2, 0) is 0 Å². The number of fused-ring (bicyclic) bond motifs is 6. The first-order chi connectivity index (χ1) is 9.77. The number of hydrogen-bond acceptors (Lipinski definition) is 0. The highest BCUT2D eigenvalue weighted by molar-refractivity contribution is 14.1. The molecule has 0 amide bonds. The number of rotatable bonds is 0. The molecule has 0 saturated heterocycles. The van der Waals surface area contributed by atoms with E-state index in [1.54, 1.807) is 0 Å². The Labute approximate surface area is 131 Å². The van der Waals surface area contributed by atoms with Crippen LogP contribution in [0, 0.1) is 10.5 Å². The topological polar surface area (TPSA) is 0 Å². The molecule has 0 spiro atoms. The van der Waals surface area contributed by atoms with E-state index < -0.39 is 0 Å². The maximum absolute atomic E-state index is 2.46. The fourth-order valence-electron chi connectivity index (χ4n) is 3.18. The fourth-order valence-corrected chi connectivity index (χ4v) is 3.95. The standard InChI is InChI=1S/C19H13I/c1-12-6-4-9-15-13-7-2-3-8-14(13)16-10-5-11-17(20)19(16)18(12)15/h2-11H,1H3. The van der Waals surface area contributed by atoms with Crippen LogP contribution in [0.1, 0.15) is 5.56 Å². The van der Waals surface area contributed by atoms with Crippen molar-refractivity contribution < 1.29 is 0 Å². The van der Waals surface area contributed by atoms with Gasteiger partial charge in [-0.3, -0.25) is 0 Å². The van der Waals surface area contributed by atoms with Crippen LogP contribution in [0.25, 0.3) is 32.3 Å². The van der Waals surface area contributed by atoms with Gasteiger partial charge in [0.15, 0.2) is 0 Å². The molecular formula is C19H13I. The lowest BCUT2D eigenvalue weighted by Crippen LogP contribution is -1.87. The van der Waals surface area contributed by atoms with Gasteiger partial charge < -0.3 is 0 Å². The summed E-state index contributed by atoms with van der Waals surface area (Å²) in [6.45, 7) is 2.21.